The third-order valence-electron chi connectivity index (χ3n) is 6.99. The van der Waals surface area contributed by atoms with E-state index < -0.39 is 8.32 Å². The molecule has 2 rings (SSSR count). The summed E-state index contributed by atoms with van der Waals surface area (Å²) in [4.78, 5) is 0. The van der Waals surface area contributed by atoms with Gasteiger partial charge < -0.3 is 9.53 Å². The third kappa shape index (κ3) is 3.22. The molecule has 2 nitrogen and oxygen atoms in total. The van der Waals surface area contributed by atoms with E-state index in [9.17, 15) is 5.11 Å². The minimum atomic E-state index is -1.66. The number of aliphatic hydroxyl groups excluding tert-OH is 1. The predicted octanol–water partition coefficient (Wildman–Crippen LogP) is 5.00. The lowest BCUT2D eigenvalue weighted by Gasteiger charge is -2.44. The number of aliphatic hydroxyl groups is 1. The monoisotopic (exact) mass is 324 g/mol. The normalized spacial score (nSPS) is 37.2. The van der Waals surface area contributed by atoms with E-state index in [1.165, 1.54) is 6.42 Å². The summed E-state index contributed by atoms with van der Waals surface area (Å²) in [7, 11) is -1.66. The number of fused-ring (bicyclic) bond motifs is 1. The molecule has 1 saturated carbocycles. The van der Waals surface area contributed by atoms with Crippen LogP contribution in [0.15, 0.2) is 12.2 Å². The summed E-state index contributed by atoms with van der Waals surface area (Å²) in [5, 5.41) is 10.6. The lowest BCUT2D eigenvalue weighted by atomic mass is 9.64. The van der Waals surface area contributed by atoms with Crippen LogP contribution in [0.3, 0.4) is 0 Å². The van der Waals surface area contributed by atoms with Crippen molar-refractivity contribution < 1.29 is 9.53 Å². The van der Waals surface area contributed by atoms with Gasteiger partial charge in [0.2, 0.25) is 0 Å². The maximum atomic E-state index is 10.3. The first kappa shape index (κ1) is 18.2. The summed E-state index contributed by atoms with van der Waals surface area (Å²) in [6, 6.07) is 0. The largest absolute Gasteiger partial charge is 0.417 e. The van der Waals surface area contributed by atoms with Gasteiger partial charge in [-0.25, -0.2) is 0 Å². The van der Waals surface area contributed by atoms with E-state index in [0.29, 0.717) is 17.8 Å². The van der Waals surface area contributed by atoms with Gasteiger partial charge in [-0.2, -0.15) is 0 Å². The zero-order chi connectivity index (χ0) is 16.8. The maximum absolute atomic E-state index is 10.3. The fourth-order valence-electron chi connectivity index (χ4n) is 4.36. The molecule has 22 heavy (non-hydrogen) atoms. The molecule has 2 aliphatic carbocycles. The van der Waals surface area contributed by atoms with Crippen LogP contribution in [0.2, 0.25) is 18.1 Å². The van der Waals surface area contributed by atoms with Gasteiger partial charge in [-0.05, 0) is 60.6 Å². The van der Waals surface area contributed by atoms with E-state index in [2.05, 4.69) is 53.8 Å². The fourth-order valence-corrected chi connectivity index (χ4v) is 5.47. The summed E-state index contributed by atoms with van der Waals surface area (Å²) in [5.41, 5.74) is 0.254. The smallest absolute Gasteiger partial charge is 0.191 e. The molecule has 0 aromatic heterocycles. The SMILES string of the molecule is C[C@H](CO[Si](C)(C)C(C)(C)C)[C@H]1CC[C@H]2[C@@H](O)C=CC[C@]12C. The van der Waals surface area contributed by atoms with Crippen LogP contribution in [-0.2, 0) is 4.43 Å². The van der Waals surface area contributed by atoms with Crippen molar-refractivity contribution in [2.45, 2.75) is 78.1 Å². The first-order valence-electron chi connectivity index (χ1n) is 8.98. The molecule has 0 heterocycles. The predicted molar refractivity (Wildman–Crippen MR) is 96.4 cm³/mol. The molecule has 0 aromatic rings. The maximum Gasteiger partial charge on any atom is 0.191 e. The highest BCUT2D eigenvalue weighted by molar-refractivity contribution is 6.74. The Morgan fingerprint density at radius 3 is 2.55 bits per heavy atom. The standard InChI is InChI=1S/C19H36O2Si/c1-14(13-21-22(6,7)18(2,3)4)15-10-11-16-17(20)9-8-12-19(15,16)5/h8-9,14-17,20H,10-13H2,1-7H3/t14-,15-,16+,17+,19-/m1/s1. The molecular formula is C19H36O2Si. The van der Waals surface area contributed by atoms with E-state index in [1.54, 1.807) is 0 Å². The lowest BCUT2D eigenvalue weighted by Crippen LogP contribution is -2.44. The third-order valence-corrected chi connectivity index (χ3v) is 11.5. The summed E-state index contributed by atoms with van der Waals surface area (Å²) in [6.45, 7) is 17.2. The average Bonchev–Trinajstić information content (AvgIpc) is 2.73. The molecule has 128 valence electrons. The quantitative estimate of drug-likeness (QED) is 0.582. The Balaban J connectivity index is 2.02. The molecule has 0 aliphatic heterocycles. The number of allylic oxidation sites excluding steroid dienone is 1. The minimum absolute atomic E-state index is 0.239. The van der Waals surface area contributed by atoms with Crippen LogP contribution in [-0.4, -0.2) is 26.1 Å². The van der Waals surface area contributed by atoms with Gasteiger partial charge in [0.05, 0.1) is 6.10 Å². The lowest BCUT2D eigenvalue weighted by molar-refractivity contribution is 0.0222. The van der Waals surface area contributed by atoms with Crippen LogP contribution in [0.4, 0.5) is 0 Å². The first-order chi connectivity index (χ1) is 9.99. The fraction of sp³-hybridized carbons (Fsp3) is 0.895. The zero-order valence-corrected chi connectivity index (χ0v) is 16.6. The number of hydrogen-bond donors (Lipinski definition) is 1. The van der Waals surface area contributed by atoms with Crippen LogP contribution in [0.5, 0.6) is 0 Å². The molecule has 3 heteroatoms. The molecule has 0 radical (unpaired) electrons. The average molecular weight is 325 g/mol. The van der Waals surface area contributed by atoms with Crippen molar-refractivity contribution in [2.24, 2.45) is 23.2 Å². The molecule has 0 aromatic carbocycles. The van der Waals surface area contributed by atoms with E-state index in [-0.39, 0.29) is 16.6 Å². The Kier molecular flexibility index (Phi) is 5.02. The van der Waals surface area contributed by atoms with Crippen molar-refractivity contribution in [1.29, 1.82) is 0 Å². The summed E-state index contributed by atoms with van der Waals surface area (Å²) < 4.78 is 6.48. The van der Waals surface area contributed by atoms with Crippen LogP contribution < -0.4 is 0 Å². The second kappa shape index (κ2) is 6.07. The van der Waals surface area contributed by atoms with Crippen molar-refractivity contribution in [3.05, 3.63) is 12.2 Å². The van der Waals surface area contributed by atoms with Crippen LogP contribution in [0, 0.1) is 23.2 Å². The van der Waals surface area contributed by atoms with Gasteiger partial charge in [-0.3, -0.25) is 0 Å². The van der Waals surface area contributed by atoms with Gasteiger partial charge in [0, 0.05) is 6.61 Å². The molecular weight excluding hydrogens is 288 g/mol. The van der Waals surface area contributed by atoms with E-state index >= 15 is 0 Å². The second-order valence-corrected chi connectivity index (χ2v) is 14.3. The molecule has 0 unspecified atom stereocenters. The molecule has 1 fully saturated rings. The zero-order valence-electron chi connectivity index (χ0n) is 15.6. The topological polar surface area (TPSA) is 29.5 Å². The van der Waals surface area contributed by atoms with Crippen molar-refractivity contribution in [1.82, 2.24) is 0 Å². The number of rotatable bonds is 4. The molecule has 0 bridgehead atoms. The van der Waals surface area contributed by atoms with Crippen molar-refractivity contribution in [2.75, 3.05) is 6.61 Å². The highest BCUT2D eigenvalue weighted by Crippen LogP contribution is 2.56. The van der Waals surface area contributed by atoms with Gasteiger partial charge in [-0.15, -0.1) is 0 Å². The Bertz CT molecular complexity index is 424. The molecule has 0 spiro atoms. The minimum Gasteiger partial charge on any atom is -0.417 e. The summed E-state index contributed by atoms with van der Waals surface area (Å²) in [6.07, 6.45) is 7.48. The van der Waals surface area contributed by atoms with Gasteiger partial charge in [0.25, 0.3) is 0 Å². The Labute approximate surface area is 138 Å². The molecule has 0 saturated heterocycles. The van der Waals surface area contributed by atoms with Crippen molar-refractivity contribution in [3.63, 3.8) is 0 Å². The van der Waals surface area contributed by atoms with Crippen LogP contribution in [0.25, 0.3) is 0 Å². The van der Waals surface area contributed by atoms with E-state index in [0.717, 1.165) is 19.4 Å². The highest BCUT2D eigenvalue weighted by atomic mass is 28.4. The molecule has 1 N–H and O–H groups in total. The molecule has 2 aliphatic rings. The summed E-state index contributed by atoms with van der Waals surface area (Å²) in [5.74, 6) is 1.68. The molecule has 0 amide bonds. The van der Waals surface area contributed by atoms with Crippen LogP contribution in [0.1, 0.15) is 53.9 Å². The summed E-state index contributed by atoms with van der Waals surface area (Å²) >= 11 is 0. The number of hydrogen-bond acceptors (Lipinski definition) is 2. The van der Waals surface area contributed by atoms with E-state index in [1.807, 2.05) is 6.08 Å². The highest BCUT2D eigenvalue weighted by Gasteiger charge is 2.51. The second-order valence-electron chi connectivity index (χ2n) is 9.47. The van der Waals surface area contributed by atoms with Gasteiger partial charge in [0.15, 0.2) is 8.32 Å². The van der Waals surface area contributed by atoms with Crippen molar-refractivity contribution in [3.8, 4) is 0 Å². The Morgan fingerprint density at radius 1 is 1.32 bits per heavy atom. The van der Waals surface area contributed by atoms with E-state index in [4.69, 9.17) is 4.43 Å². The Morgan fingerprint density at radius 2 is 1.95 bits per heavy atom. The van der Waals surface area contributed by atoms with Gasteiger partial charge in [0.1, 0.15) is 0 Å². The van der Waals surface area contributed by atoms with Gasteiger partial charge >= 0.3 is 0 Å². The molecule has 5 atom stereocenters. The van der Waals surface area contributed by atoms with Crippen LogP contribution >= 0.6 is 0 Å². The Hall–Kier alpha value is -0.123. The van der Waals surface area contributed by atoms with Gasteiger partial charge in [-0.1, -0.05) is 46.8 Å². The van der Waals surface area contributed by atoms with Crippen molar-refractivity contribution >= 4 is 8.32 Å². The first-order valence-corrected chi connectivity index (χ1v) is 11.9.